The van der Waals surface area contributed by atoms with Crippen LogP contribution in [0, 0.1) is 6.92 Å². The Morgan fingerprint density at radius 3 is 2.67 bits per heavy atom. The maximum atomic E-state index is 11.6. The standard InChI is InChI=1S/C17H20N2O2/c1-14-8-9-16(21-14)10-11-17(20)19-13-5-12-18-15-6-3-2-4-7-15/h2-4,6-11,18H,5,12-13H2,1H3,(H,19,20)/b11-10+. The van der Waals surface area contributed by atoms with Crippen LogP contribution in [0.5, 0.6) is 0 Å². The van der Waals surface area contributed by atoms with E-state index in [9.17, 15) is 4.79 Å². The summed E-state index contributed by atoms with van der Waals surface area (Å²) in [5.74, 6) is 1.42. The van der Waals surface area contributed by atoms with Crippen molar-refractivity contribution in [1.29, 1.82) is 0 Å². The number of anilines is 1. The molecule has 0 bridgehead atoms. The van der Waals surface area contributed by atoms with Gasteiger partial charge in [-0.3, -0.25) is 4.79 Å². The molecule has 1 heterocycles. The highest BCUT2D eigenvalue weighted by atomic mass is 16.3. The minimum Gasteiger partial charge on any atom is -0.462 e. The quantitative estimate of drug-likeness (QED) is 0.606. The third kappa shape index (κ3) is 5.57. The molecule has 0 spiro atoms. The molecule has 0 aliphatic carbocycles. The molecule has 0 fully saturated rings. The van der Waals surface area contributed by atoms with E-state index in [1.54, 1.807) is 6.08 Å². The van der Waals surface area contributed by atoms with Crippen molar-refractivity contribution in [3.8, 4) is 0 Å². The van der Waals surface area contributed by atoms with Gasteiger partial charge in [-0.05, 0) is 43.7 Å². The Morgan fingerprint density at radius 1 is 1.14 bits per heavy atom. The van der Waals surface area contributed by atoms with Gasteiger partial charge in [-0.15, -0.1) is 0 Å². The normalized spacial score (nSPS) is 10.7. The van der Waals surface area contributed by atoms with Crippen LogP contribution in [0.3, 0.4) is 0 Å². The van der Waals surface area contributed by atoms with Crippen LogP contribution in [0.4, 0.5) is 5.69 Å². The van der Waals surface area contributed by atoms with Gasteiger partial charge in [0.15, 0.2) is 0 Å². The first-order valence-electron chi connectivity index (χ1n) is 7.05. The maximum absolute atomic E-state index is 11.6. The van der Waals surface area contributed by atoms with Crippen LogP contribution < -0.4 is 10.6 Å². The van der Waals surface area contributed by atoms with Crippen LogP contribution >= 0.6 is 0 Å². The summed E-state index contributed by atoms with van der Waals surface area (Å²) in [7, 11) is 0. The Morgan fingerprint density at radius 2 is 1.95 bits per heavy atom. The SMILES string of the molecule is Cc1ccc(/C=C/C(=O)NCCCNc2ccccc2)o1. The zero-order chi connectivity index (χ0) is 14.9. The van der Waals surface area contributed by atoms with E-state index in [-0.39, 0.29) is 5.91 Å². The largest absolute Gasteiger partial charge is 0.462 e. The number of aryl methyl sites for hydroxylation is 1. The summed E-state index contributed by atoms with van der Waals surface area (Å²) in [6.45, 7) is 3.34. The first-order chi connectivity index (χ1) is 10.2. The van der Waals surface area contributed by atoms with Gasteiger partial charge in [0.05, 0.1) is 0 Å². The summed E-state index contributed by atoms with van der Waals surface area (Å²) in [6.07, 6.45) is 4.03. The number of para-hydroxylation sites is 1. The topological polar surface area (TPSA) is 54.3 Å². The third-order valence-electron chi connectivity index (χ3n) is 2.92. The molecule has 2 N–H and O–H groups in total. The fraction of sp³-hybridized carbons (Fsp3) is 0.235. The number of furan rings is 1. The number of nitrogens with one attached hydrogen (secondary N) is 2. The lowest BCUT2D eigenvalue weighted by atomic mass is 10.3. The van der Waals surface area contributed by atoms with Crippen molar-refractivity contribution in [2.75, 3.05) is 18.4 Å². The Hall–Kier alpha value is -2.49. The second-order valence-electron chi connectivity index (χ2n) is 4.72. The molecule has 21 heavy (non-hydrogen) atoms. The lowest BCUT2D eigenvalue weighted by molar-refractivity contribution is -0.116. The van der Waals surface area contributed by atoms with Gasteiger partial charge in [0.1, 0.15) is 11.5 Å². The molecule has 4 nitrogen and oxygen atoms in total. The molecule has 0 saturated carbocycles. The van der Waals surface area contributed by atoms with Crippen molar-refractivity contribution in [2.24, 2.45) is 0 Å². The highest BCUT2D eigenvalue weighted by molar-refractivity contribution is 5.91. The second-order valence-corrected chi connectivity index (χ2v) is 4.72. The summed E-state index contributed by atoms with van der Waals surface area (Å²) in [5.41, 5.74) is 1.09. The number of hydrogen-bond acceptors (Lipinski definition) is 3. The van der Waals surface area contributed by atoms with E-state index in [4.69, 9.17) is 4.42 Å². The smallest absolute Gasteiger partial charge is 0.244 e. The first-order valence-corrected chi connectivity index (χ1v) is 7.05. The summed E-state index contributed by atoms with van der Waals surface area (Å²) < 4.78 is 5.35. The van der Waals surface area contributed by atoms with Crippen molar-refractivity contribution < 1.29 is 9.21 Å². The average molecular weight is 284 g/mol. The minimum atomic E-state index is -0.108. The molecule has 1 aromatic carbocycles. The van der Waals surface area contributed by atoms with Crippen molar-refractivity contribution in [3.05, 3.63) is 60.1 Å². The van der Waals surface area contributed by atoms with Gasteiger partial charge in [-0.2, -0.15) is 0 Å². The molecule has 2 aromatic rings. The van der Waals surface area contributed by atoms with Crippen LogP contribution in [0.25, 0.3) is 6.08 Å². The van der Waals surface area contributed by atoms with Crippen LogP contribution in [-0.2, 0) is 4.79 Å². The minimum absolute atomic E-state index is 0.108. The van der Waals surface area contributed by atoms with Gasteiger partial charge >= 0.3 is 0 Å². The van der Waals surface area contributed by atoms with Gasteiger partial charge in [0.2, 0.25) is 5.91 Å². The monoisotopic (exact) mass is 284 g/mol. The maximum Gasteiger partial charge on any atom is 0.244 e. The predicted octanol–water partition coefficient (Wildman–Crippen LogP) is 3.22. The molecule has 0 aliphatic rings. The Bertz CT molecular complexity index is 588. The van der Waals surface area contributed by atoms with E-state index in [2.05, 4.69) is 10.6 Å². The van der Waals surface area contributed by atoms with E-state index in [0.717, 1.165) is 24.4 Å². The molecule has 1 aromatic heterocycles. The van der Waals surface area contributed by atoms with Crippen molar-refractivity contribution in [1.82, 2.24) is 5.32 Å². The van der Waals surface area contributed by atoms with Crippen molar-refractivity contribution in [2.45, 2.75) is 13.3 Å². The Kier molecular flexibility index (Phi) is 5.64. The Balaban J connectivity index is 1.60. The molecular weight excluding hydrogens is 264 g/mol. The van der Waals surface area contributed by atoms with Crippen LogP contribution in [-0.4, -0.2) is 19.0 Å². The Labute approximate surface area is 124 Å². The lowest BCUT2D eigenvalue weighted by Crippen LogP contribution is -2.23. The summed E-state index contributed by atoms with van der Waals surface area (Å²) >= 11 is 0. The molecule has 0 saturated heterocycles. The number of rotatable bonds is 7. The summed E-state index contributed by atoms with van der Waals surface area (Å²) in [4.78, 5) is 11.6. The molecule has 2 rings (SSSR count). The number of amides is 1. The molecule has 0 radical (unpaired) electrons. The molecule has 0 unspecified atom stereocenters. The van der Waals surface area contributed by atoms with E-state index in [1.165, 1.54) is 6.08 Å². The van der Waals surface area contributed by atoms with Crippen molar-refractivity contribution >= 4 is 17.7 Å². The summed E-state index contributed by atoms with van der Waals surface area (Å²) in [6, 6.07) is 13.7. The number of carbonyl (C=O) groups excluding carboxylic acids is 1. The zero-order valence-electron chi connectivity index (χ0n) is 12.1. The van der Waals surface area contributed by atoms with Gasteiger partial charge in [0.25, 0.3) is 0 Å². The van der Waals surface area contributed by atoms with Gasteiger partial charge < -0.3 is 15.1 Å². The van der Waals surface area contributed by atoms with Crippen LogP contribution in [0.1, 0.15) is 17.9 Å². The lowest BCUT2D eigenvalue weighted by Gasteiger charge is -2.06. The van der Waals surface area contributed by atoms with E-state index >= 15 is 0 Å². The van der Waals surface area contributed by atoms with E-state index in [1.807, 2.05) is 49.4 Å². The zero-order valence-corrected chi connectivity index (χ0v) is 12.1. The average Bonchev–Trinajstić information content (AvgIpc) is 2.91. The van der Waals surface area contributed by atoms with Crippen molar-refractivity contribution in [3.63, 3.8) is 0 Å². The summed E-state index contributed by atoms with van der Waals surface area (Å²) in [5, 5.41) is 6.13. The number of carbonyl (C=O) groups is 1. The number of hydrogen-bond donors (Lipinski definition) is 2. The van der Waals surface area contributed by atoms with Crippen LogP contribution in [0.15, 0.2) is 53.0 Å². The molecule has 110 valence electrons. The predicted molar refractivity (Wildman–Crippen MR) is 85.0 cm³/mol. The van der Waals surface area contributed by atoms with Gasteiger partial charge in [0, 0.05) is 24.9 Å². The highest BCUT2D eigenvalue weighted by Crippen LogP contribution is 2.07. The molecular formula is C17H20N2O2. The molecule has 0 atom stereocenters. The number of benzene rings is 1. The van der Waals surface area contributed by atoms with E-state index < -0.39 is 0 Å². The fourth-order valence-electron chi connectivity index (χ4n) is 1.85. The highest BCUT2D eigenvalue weighted by Gasteiger charge is 1.97. The van der Waals surface area contributed by atoms with Gasteiger partial charge in [-0.25, -0.2) is 0 Å². The fourth-order valence-corrected chi connectivity index (χ4v) is 1.85. The third-order valence-corrected chi connectivity index (χ3v) is 2.92. The van der Waals surface area contributed by atoms with Crippen LogP contribution in [0.2, 0.25) is 0 Å². The van der Waals surface area contributed by atoms with E-state index in [0.29, 0.717) is 12.3 Å². The molecule has 0 aliphatic heterocycles. The van der Waals surface area contributed by atoms with Gasteiger partial charge in [-0.1, -0.05) is 18.2 Å². The second kappa shape index (κ2) is 7.94. The molecule has 4 heteroatoms. The first kappa shape index (κ1) is 14.9. The molecule has 1 amide bonds.